The number of carbonyl (C=O) groups excluding carboxylic acids is 1. The van der Waals surface area contributed by atoms with Crippen LogP contribution in [0.4, 0.5) is 0 Å². The summed E-state index contributed by atoms with van der Waals surface area (Å²) in [4.78, 5) is 11.3. The minimum atomic E-state index is -0.360. The zero-order chi connectivity index (χ0) is 13.6. The van der Waals surface area contributed by atoms with Crippen molar-refractivity contribution in [2.45, 2.75) is 26.1 Å². The van der Waals surface area contributed by atoms with Gasteiger partial charge in [0, 0.05) is 18.1 Å². The van der Waals surface area contributed by atoms with E-state index >= 15 is 0 Å². The fourth-order valence-corrected chi connectivity index (χ4v) is 2.06. The highest BCUT2D eigenvalue weighted by atomic mass is 19.0. The number of hydrogen-bond donors (Lipinski definition) is 0. The number of esters is 1. The quantitative estimate of drug-likeness (QED) is 0.307. The minimum absolute atomic E-state index is 0. The van der Waals surface area contributed by atoms with E-state index in [1.807, 2.05) is 25.1 Å². The maximum absolute atomic E-state index is 11.3. The maximum Gasteiger partial charge on any atom is 0.334 e. The maximum atomic E-state index is 11.3. The molecular weight excluding hydrogens is 245 g/mol. The fourth-order valence-electron chi connectivity index (χ4n) is 2.06. The molecule has 1 aromatic carbocycles. The summed E-state index contributed by atoms with van der Waals surface area (Å²) >= 11 is 0. The molecule has 0 saturated carbocycles. The van der Waals surface area contributed by atoms with Gasteiger partial charge in [-0.1, -0.05) is 43.8 Å². The van der Waals surface area contributed by atoms with E-state index in [9.17, 15) is 4.79 Å². The van der Waals surface area contributed by atoms with Gasteiger partial charge in [0.25, 0.3) is 0 Å². The highest BCUT2D eigenvalue weighted by molar-refractivity contribution is 5.81. The number of ether oxygens (including phenoxy) is 1. The summed E-state index contributed by atoms with van der Waals surface area (Å²) in [5, 5.41) is 0. The van der Waals surface area contributed by atoms with Crippen LogP contribution in [0.25, 0.3) is 0 Å². The summed E-state index contributed by atoms with van der Waals surface area (Å²) in [7, 11) is 4.13. The monoisotopic (exact) mass is 267 g/mol. The molecule has 106 valence electrons. The highest BCUT2D eigenvalue weighted by Crippen LogP contribution is 2.17. The Kier molecular flexibility index (Phi) is 7.01. The van der Waals surface area contributed by atoms with Gasteiger partial charge in [-0.05, 0) is 0 Å². The Morgan fingerprint density at radius 2 is 1.95 bits per heavy atom. The molecule has 3 nitrogen and oxygen atoms in total. The molecule has 1 unspecified atom stereocenters. The summed E-state index contributed by atoms with van der Waals surface area (Å²) in [6.45, 7) is 6.28. The second-order valence-corrected chi connectivity index (χ2v) is 4.93. The van der Waals surface area contributed by atoms with Crippen LogP contribution in [0.5, 0.6) is 0 Å². The molecule has 0 fully saturated rings. The summed E-state index contributed by atoms with van der Waals surface area (Å²) in [6.07, 6.45) is 1.83. The second kappa shape index (κ2) is 7.69. The number of hydrogen-bond acceptors (Lipinski definition) is 2. The van der Waals surface area contributed by atoms with Crippen LogP contribution in [0.15, 0.2) is 43.0 Å². The molecule has 0 N–H and O–H groups in total. The lowest BCUT2D eigenvalue weighted by Gasteiger charge is -2.36. The zero-order valence-corrected chi connectivity index (χ0v) is 11.8. The van der Waals surface area contributed by atoms with Crippen LogP contribution in [0.1, 0.15) is 18.9 Å². The molecule has 1 rings (SSSR count). The third-order valence-corrected chi connectivity index (χ3v) is 2.98. The third-order valence-electron chi connectivity index (χ3n) is 2.98. The van der Waals surface area contributed by atoms with Crippen LogP contribution in [-0.4, -0.2) is 30.8 Å². The molecule has 1 atom stereocenters. The Morgan fingerprint density at radius 1 is 1.37 bits per heavy atom. The van der Waals surface area contributed by atoms with E-state index in [0.717, 1.165) is 13.0 Å². The van der Waals surface area contributed by atoms with Gasteiger partial charge in [-0.15, -0.1) is 0 Å². The molecule has 0 bridgehead atoms. The first kappa shape index (κ1) is 17.3. The first-order chi connectivity index (χ1) is 8.49. The normalized spacial score (nSPS) is 12.2. The zero-order valence-electron chi connectivity index (χ0n) is 11.8. The van der Waals surface area contributed by atoms with Gasteiger partial charge >= 0.3 is 5.97 Å². The van der Waals surface area contributed by atoms with E-state index in [0.29, 0.717) is 4.48 Å². The van der Waals surface area contributed by atoms with Crippen molar-refractivity contribution in [2.24, 2.45) is 0 Å². The summed E-state index contributed by atoms with van der Waals surface area (Å²) in [6, 6.07) is 10.2. The van der Waals surface area contributed by atoms with Crippen molar-refractivity contribution in [3.05, 3.63) is 48.6 Å². The van der Waals surface area contributed by atoms with Crippen molar-refractivity contribution in [3.8, 4) is 0 Å². The number of nitrogens with zero attached hydrogens (tertiary/aromatic N) is 1. The van der Waals surface area contributed by atoms with E-state index in [2.05, 4.69) is 32.8 Å². The first-order valence-electron chi connectivity index (χ1n) is 6.19. The molecular formula is C15H22FNO2. The molecule has 0 radical (unpaired) electrons. The summed E-state index contributed by atoms with van der Waals surface area (Å²) in [5.41, 5.74) is 1.23. The van der Waals surface area contributed by atoms with E-state index in [4.69, 9.17) is 4.74 Å². The van der Waals surface area contributed by atoms with E-state index in [-0.39, 0.29) is 16.9 Å². The fraction of sp³-hybridized carbons (Fsp3) is 0.400. The van der Waals surface area contributed by atoms with Crippen molar-refractivity contribution in [1.82, 2.24) is 0 Å². The van der Waals surface area contributed by atoms with Gasteiger partial charge in [0.2, 0.25) is 6.23 Å². The molecule has 19 heavy (non-hydrogen) atoms. The molecule has 0 spiro atoms. The molecule has 0 heterocycles. The van der Waals surface area contributed by atoms with E-state index in [1.165, 1.54) is 11.6 Å². The Labute approximate surface area is 114 Å². The van der Waals surface area contributed by atoms with Gasteiger partial charge in [-0.2, -0.15) is 0 Å². The third kappa shape index (κ3) is 5.22. The average Bonchev–Trinajstić information content (AvgIpc) is 2.36. The van der Waals surface area contributed by atoms with Crippen molar-refractivity contribution >= 4 is 5.97 Å². The topological polar surface area (TPSA) is 26.3 Å². The number of halogens is 1. The van der Waals surface area contributed by atoms with Gasteiger partial charge in [0.15, 0.2) is 0 Å². The van der Waals surface area contributed by atoms with Crippen LogP contribution in [-0.2, 0) is 16.1 Å². The average molecular weight is 267 g/mol. The van der Waals surface area contributed by atoms with Gasteiger partial charge in [-0.3, -0.25) is 4.48 Å². The number of rotatable bonds is 6. The van der Waals surface area contributed by atoms with Crippen LogP contribution in [0.2, 0.25) is 0 Å². The highest BCUT2D eigenvalue weighted by Gasteiger charge is 2.29. The van der Waals surface area contributed by atoms with Crippen molar-refractivity contribution in [3.63, 3.8) is 0 Å². The Morgan fingerprint density at radius 3 is 2.42 bits per heavy atom. The molecule has 0 aromatic heterocycles. The number of carbonyl (C=O) groups is 1. The lowest BCUT2D eigenvalue weighted by molar-refractivity contribution is -0.947. The standard InChI is InChI=1S/C15H22NO2.FH/c1-5-14(18-15(17)6-2)16(3,4)12-13-10-8-7-9-11-13;/h6-11,14H,2,5,12H2,1,3-4H3;1H/q+1;/p-1. The predicted octanol–water partition coefficient (Wildman–Crippen LogP) is -0.268. The van der Waals surface area contributed by atoms with Crippen LogP contribution < -0.4 is 4.70 Å². The number of quaternary nitrogens is 1. The van der Waals surface area contributed by atoms with Crippen molar-refractivity contribution in [2.75, 3.05) is 14.1 Å². The Hall–Kier alpha value is -1.68. The predicted molar refractivity (Wildman–Crippen MR) is 72.6 cm³/mol. The molecule has 0 saturated heterocycles. The molecule has 0 aliphatic rings. The smallest absolute Gasteiger partial charge is 0.334 e. The lowest BCUT2D eigenvalue weighted by Crippen LogP contribution is -3.00. The van der Waals surface area contributed by atoms with Gasteiger partial charge in [0.1, 0.15) is 6.54 Å². The molecule has 1 aromatic rings. The van der Waals surface area contributed by atoms with E-state index in [1.54, 1.807) is 0 Å². The SMILES string of the molecule is C=CC(=O)OC(CC)[N+](C)(C)Cc1ccccc1.[F-]. The van der Waals surface area contributed by atoms with Crippen LogP contribution in [0.3, 0.4) is 0 Å². The van der Waals surface area contributed by atoms with E-state index < -0.39 is 0 Å². The summed E-state index contributed by atoms with van der Waals surface area (Å²) in [5.74, 6) is -0.360. The first-order valence-corrected chi connectivity index (χ1v) is 6.19. The van der Waals surface area contributed by atoms with Gasteiger partial charge in [-0.25, -0.2) is 4.79 Å². The second-order valence-electron chi connectivity index (χ2n) is 4.93. The molecule has 0 aliphatic heterocycles. The van der Waals surface area contributed by atoms with Crippen molar-refractivity contribution < 1.29 is 18.7 Å². The number of benzene rings is 1. The van der Waals surface area contributed by atoms with Crippen LogP contribution >= 0.6 is 0 Å². The largest absolute Gasteiger partial charge is 1.00 e. The molecule has 0 amide bonds. The molecule has 0 aliphatic carbocycles. The van der Waals surface area contributed by atoms with Gasteiger partial charge < -0.3 is 9.44 Å². The lowest BCUT2D eigenvalue weighted by atomic mass is 10.2. The minimum Gasteiger partial charge on any atom is -1.00 e. The Balaban J connectivity index is 0.00000324. The summed E-state index contributed by atoms with van der Waals surface area (Å²) < 4.78 is 6.01. The van der Waals surface area contributed by atoms with Gasteiger partial charge in [0.05, 0.1) is 14.1 Å². The van der Waals surface area contributed by atoms with Crippen molar-refractivity contribution in [1.29, 1.82) is 0 Å². The Bertz CT molecular complexity index is 404. The molecule has 4 heteroatoms. The van der Waals surface area contributed by atoms with Crippen LogP contribution in [0, 0.1) is 0 Å².